The van der Waals surface area contributed by atoms with E-state index in [9.17, 15) is 4.79 Å². The molecule has 1 fully saturated rings. The lowest BCUT2D eigenvalue weighted by atomic mass is 10.2. The van der Waals surface area contributed by atoms with Gasteiger partial charge in [-0.2, -0.15) is 0 Å². The second-order valence-electron chi connectivity index (χ2n) is 5.23. The molecule has 1 aromatic heterocycles. The fourth-order valence-corrected chi connectivity index (χ4v) is 2.96. The Morgan fingerprint density at radius 2 is 2.47 bits per heavy atom. The van der Waals surface area contributed by atoms with Crippen molar-refractivity contribution in [3.8, 4) is 0 Å². The Morgan fingerprint density at radius 3 is 3.05 bits per heavy atom. The average molecular weight is 278 g/mol. The van der Waals surface area contributed by atoms with E-state index >= 15 is 0 Å². The molecule has 3 nitrogen and oxygen atoms in total. The van der Waals surface area contributed by atoms with Crippen molar-refractivity contribution in [1.82, 2.24) is 10.2 Å². The summed E-state index contributed by atoms with van der Waals surface area (Å²) in [5.41, 5.74) is 0. The molecule has 2 rings (SSSR count). The molecule has 1 aliphatic rings. The first-order chi connectivity index (χ1) is 9.16. The third-order valence-corrected chi connectivity index (χ3v) is 4.26. The number of carbonyl (C=O) groups excluding carboxylic acids is 1. The van der Waals surface area contributed by atoms with Crippen molar-refractivity contribution in [3.63, 3.8) is 0 Å². The van der Waals surface area contributed by atoms with Crippen LogP contribution in [-0.2, 0) is 4.79 Å². The first-order valence-electron chi connectivity index (χ1n) is 6.92. The molecule has 1 saturated heterocycles. The van der Waals surface area contributed by atoms with Gasteiger partial charge in [-0.05, 0) is 50.8 Å². The standard InChI is InChI=1S/C15H22N2OS/c1-12(2)17(11-13-5-3-9-16-13)15(18)8-7-14-6-4-10-19-14/h4,6-8,10,12-13,16H,3,5,9,11H2,1-2H3/b8-7+. The van der Waals surface area contributed by atoms with Crippen molar-refractivity contribution in [3.05, 3.63) is 28.5 Å². The average Bonchev–Trinajstić information content (AvgIpc) is 3.05. The predicted molar refractivity (Wildman–Crippen MR) is 81.2 cm³/mol. The van der Waals surface area contributed by atoms with Crippen LogP contribution >= 0.6 is 11.3 Å². The van der Waals surface area contributed by atoms with Crippen LogP contribution in [0.3, 0.4) is 0 Å². The Hall–Kier alpha value is -1.13. The first kappa shape index (κ1) is 14.3. The Morgan fingerprint density at radius 1 is 1.63 bits per heavy atom. The summed E-state index contributed by atoms with van der Waals surface area (Å²) in [6, 6.07) is 4.72. The van der Waals surface area contributed by atoms with E-state index in [0.29, 0.717) is 6.04 Å². The molecule has 19 heavy (non-hydrogen) atoms. The fourth-order valence-electron chi connectivity index (χ4n) is 2.34. The van der Waals surface area contributed by atoms with Gasteiger partial charge in [-0.3, -0.25) is 4.79 Å². The molecule has 2 heterocycles. The van der Waals surface area contributed by atoms with Crippen molar-refractivity contribution >= 4 is 23.3 Å². The molecule has 1 aromatic rings. The lowest BCUT2D eigenvalue weighted by Crippen LogP contribution is -2.44. The van der Waals surface area contributed by atoms with E-state index in [0.717, 1.165) is 18.0 Å². The van der Waals surface area contributed by atoms with E-state index in [4.69, 9.17) is 0 Å². The highest BCUT2D eigenvalue weighted by atomic mass is 32.1. The topological polar surface area (TPSA) is 32.3 Å². The second-order valence-corrected chi connectivity index (χ2v) is 6.21. The monoisotopic (exact) mass is 278 g/mol. The van der Waals surface area contributed by atoms with Gasteiger partial charge in [-0.1, -0.05) is 6.07 Å². The predicted octanol–water partition coefficient (Wildman–Crippen LogP) is 2.75. The van der Waals surface area contributed by atoms with Crippen molar-refractivity contribution in [1.29, 1.82) is 0 Å². The minimum Gasteiger partial charge on any atom is -0.335 e. The number of carbonyl (C=O) groups is 1. The number of nitrogens with one attached hydrogen (secondary N) is 1. The zero-order valence-electron chi connectivity index (χ0n) is 11.6. The number of rotatable bonds is 5. The SMILES string of the molecule is CC(C)N(CC1CCCN1)C(=O)/C=C/c1cccs1. The van der Waals surface area contributed by atoms with Gasteiger partial charge in [-0.15, -0.1) is 11.3 Å². The van der Waals surface area contributed by atoms with Crippen LogP contribution in [0, 0.1) is 0 Å². The molecule has 1 aliphatic heterocycles. The molecule has 0 saturated carbocycles. The van der Waals surface area contributed by atoms with Crippen LogP contribution in [0.2, 0.25) is 0 Å². The molecule has 0 aliphatic carbocycles. The van der Waals surface area contributed by atoms with Gasteiger partial charge in [-0.25, -0.2) is 0 Å². The minimum absolute atomic E-state index is 0.108. The third kappa shape index (κ3) is 4.18. The van der Waals surface area contributed by atoms with Gasteiger partial charge >= 0.3 is 0 Å². The molecule has 4 heteroatoms. The molecule has 0 aromatic carbocycles. The Kier molecular flexibility index (Phi) is 5.16. The number of thiophene rings is 1. The Bertz CT molecular complexity index is 419. The van der Waals surface area contributed by atoms with Crippen molar-refractivity contribution < 1.29 is 4.79 Å². The highest BCUT2D eigenvalue weighted by Gasteiger charge is 2.22. The summed E-state index contributed by atoms with van der Waals surface area (Å²) in [5, 5.41) is 5.47. The minimum atomic E-state index is 0.108. The Balaban J connectivity index is 1.95. The van der Waals surface area contributed by atoms with Gasteiger partial charge in [0, 0.05) is 29.6 Å². The Labute approximate surface area is 119 Å². The summed E-state index contributed by atoms with van der Waals surface area (Å²) >= 11 is 1.65. The van der Waals surface area contributed by atoms with E-state index in [1.165, 1.54) is 12.8 Å². The zero-order valence-corrected chi connectivity index (χ0v) is 12.5. The number of hydrogen-bond acceptors (Lipinski definition) is 3. The van der Waals surface area contributed by atoms with Gasteiger partial charge in [0.05, 0.1) is 0 Å². The number of amides is 1. The molecular weight excluding hydrogens is 256 g/mol. The summed E-state index contributed by atoms with van der Waals surface area (Å²) in [6.07, 6.45) is 5.99. The third-order valence-electron chi connectivity index (χ3n) is 3.42. The molecular formula is C15H22N2OS. The van der Waals surface area contributed by atoms with Crippen LogP contribution in [0.25, 0.3) is 6.08 Å². The maximum atomic E-state index is 12.3. The number of hydrogen-bond donors (Lipinski definition) is 1. The zero-order chi connectivity index (χ0) is 13.7. The van der Waals surface area contributed by atoms with Crippen LogP contribution in [-0.4, -0.2) is 36.0 Å². The van der Waals surface area contributed by atoms with E-state index in [-0.39, 0.29) is 11.9 Å². The molecule has 1 N–H and O–H groups in total. The van der Waals surface area contributed by atoms with Crippen LogP contribution < -0.4 is 5.32 Å². The van der Waals surface area contributed by atoms with E-state index < -0.39 is 0 Å². The van der Waals surface area contributed by atoms with Crippen LogP contribution in [0.15, 0.2) is 23.6 Å². The van der Waals surface area contributed by atoms with E-state index in [2.05, 4.69) is 19.2 Å². The van der Waals surface area contributed by atoms with Gasteiger partial charge in [0.1, 0.15) is 0 Å². The molecule has 0 bridgehead atoms. The summed E-state index contributed by atoms with van der Waals surface area (Å²) < 4.78 is 0. The second kappa shape index (κ2) is 6.87. The number of nitrogens with zero attached hydrogens (tertiary/aromatic N) is 1. The molecule has 104 valence electrons. The van der Waals surface area contributed by atoms with Gasteiger partial charge in [0.2, 0.25) is 5.91 Å². The summed E-state index contributed by atoms with van der Waals surface area (Å²) in [6.45, 7) is 6.04. The molecule has 1 unspecified atom stereocenters. The smallest absolute Gasteiger partial charge is 0.246 e. The largest absolute Gasteiger partial charge is 0.335 e. The molecule has 1 atom stereocenters. The van der Waals surface area contributed by atoms with Crippen molar-refractivity contribution in [2.75, 3.05) is 13.1 Å². The van der Waals surface area contributed by atoms with E-state index in [1.807, 2.05) is 28.5 Å². The summed E-state index contributed by atoms with van der Waals surface area (Å²) in [4.78, 5) is 15.4. The maximum Gasteiger partial charge on any atom is 0.246 e. The van der Waals surface area contributed by atoms with Crippen LogP contribution in [0.5, 0.6) is 0 Å². The summed E-state index contributed by atoms with van der Waals surface area (Å²) in [5.74, 6) is 0.108. The summed E-state index contributed by atoms with van der Waals surface area (Å²) in [7, 11) is 0. The van der Waals surface area contributed by atoms with Gasteiger partial charge in [0.25, 0.3) is 0 Å². The van der Waals surface area contributed by atoms with Crippen molar-refractivity contribution in [2.24, 2.45) is 0 Å². The highest BCUT2D eigenvalue weighted by molar-refractivity contribution is 7.10. The maximum absolute atomic E-state index is 12.3. The van der Waals surface area contributed by atoms with Crippen molar-refractivity contribution in [2.45, 2.75) is 38.8 Å². The van der Waals surface area contributed by atoms with E-state index in [1.54, 1.807) is 17.4 Å². The molecule has 1 amide bonds. The van der Waals surface area contributed by atoms with Gasteiger partial charge in [0.15, 0.2) is 0 Å². The molecule has 0 spiro atoms. The van der Waals surface area contributed by atoms with Crippen LogP contribution in [0.4, 0.5) is 0 Å². The first-order valence-corrected chi connectivity index (χ1v) is 7.80. The quantitative estimate of drug-likeness (QED) is 0.840. The van der Waals surface area contributed by atoms with Gasteiger partial charge < -0.3 is 10.2 Å². The lowest BCUT2D eigenvalue weighted by molar-refractivity contribution is -0.127. The fraction of sp³-hybridized carbons (Fsp3) is 0.533. The lowest BCUT2D eigenvalue weighted by Gasteiger charge is -2.28. The highest BCUT2D eigenvalue weighted by Crippen LogP contribution is 2.13. The molecule has 0 radical (unpaired) electrons. The van der Waals surface area contributed by atoms with Crippen LogP contribution in [0.1, 0.15) is 31.6 Å². The normalized spacial score (nSPS) is 19.4.